The van der Waals surface area contributed by atoms with Crippen molar-refractivity contribution in [2.24, 2.45) is 5.92 Å². The van der Waals surface area contributed by atoms with E-state index in [9.17, 15) is 9.59 Å². The molecule has 2 amide bonds. The summed E-state index contributed by atoms with van der Waals surface area (Å²) in [5.74, 6) is 1.57. The summed E-state index contributed by atoms with van der Waals surface area (Å²) >= 11 is 0. The van der Waals surface area contributed by atoms with E-state index in [1.165, 1.54) is 6.08 Å². The lowest BCUT2D eigenvalue weighted by atomic mass is 10.1. The predicted molar refractivity (Wildman–Crippen MR) is 105 cm³/mol. The van der Waals surface area contributed by atoms with Crippen molar-refractivity contribution in [2.75, 3.05) is 23.6 Å². The van der Waals surface area contributed by atoms with Crippen molar-refractivity contribution >= 4 is 29.3 Å². The number of fused-ring (bicyclic) bond motifs is 2. The van der Waals surface area contributed by atoms with E-state index in [-0.39, 0.29) is 24.5 Å². The molecular weight excluding hydrogens is 356 g/mol. The number of amides is 2. The summed E-state index contributed by atoms with van der Waals surface area (Å²) in [6.45, 7) is 0.952. The van der Waals surface area contributed by atoms with Crippen LogP contribution in [0, 0.1) is 5.92 Å². The second-order valence-electron chi connectivity index (χ2n) is 7.29. The summed E-state index contributed by atoms with van der Waals surface area (Å²) in [6, 6.07) is 11.3. The molecule has 5 rings (SSSR count). The zero-order valence-electron chi connectivity index (χ0n) is 15.3. The van der Waals surface area contributed by atoms with Gasteiger partial charge >= 0.3 is 0 Å². The first kappa shape index (κ1) is 16.9. The molecule has 2 aliphatic heterocycles. The number of hydrogen-bond acceptors (Lipinski definition) is 4. The molecule has 0 spiro atoms. The zero-order chi connectivity index (χ0) is 19.1. The molecule has 1 saturated carbocycles. The third-order valence-corrected chi connectivity index (χ3v) is 5.26. The molecule has 0 radical (unpaired) electrons. The lowest BCUT2D eigenvalue weighted by Gasteiger charge is -2.17. The Morgan fingerprint density at radius 2 is 1.93 bits per heavy atom. The fourth-order valence-corrected chi connectivity index (χ4v) is 3.61. The predicted octanol–water partition coefficient (Wildman–Crippen LogP) is 3.37. The number of carbonyl (C=O) groups is 2. The summed E-state index contributed by atoms with van der Waals surface area (Å²) in [5, 5.41) is 2.88. The largest absolute Gasteiger partial charge is 0.454 e. The van der Waals surface area contributed by atoms with Crippen LogP contribution in [0.3, 0.4) is 0 Å². The number of carbonyl (C=O) groups excluding carboxylic acids is 2. The average Bonchev–Trinajstić information content (AvgIpc) is 3.30. The van der Waals surface area contributed by atoms with E-state index < -0.39 is 0 Å². The van der Waals surface area contributed by atoms with Gasteiger partial charge in [-0.1, -0.05) is 12.1 Å². The SMILES string of the molecule is O=C(C=Cc1ccc2c(c1)OCO2)Nc1ccc2c(c1)N(C(=O)C1CC1)CC2. The van der Waals surface area contributed by atoms with Crippen LogP contribution in [-0.2, 0) is 16.0 Å². The number of benzene rings is 2. The van der Waals surface area contributed by atoms with Crippen LogP contribution in [0.25, 0.3) is 6.08 Å². The fraction of sp³-hybridized carbons (Fsp3) is 0.273. The van der Waals surface area contributed by atoms with Gasteiger partial charge in [-0.15, -0.1) is 0 Å². The van der Waals surface area contributed by atoms with Gasteiger partial charge in [0.1, 0.15) is 0 Å². The van der Waals surface area contributed by atoms with Crippen molar-refractivity contribution in [3.63, 3.8) is 0 Å². The van der Waals surface area contributed by atoms with Gasteiger partial charge in [0, 0.05) is 29.9 Å². The van der Waals surface area contributed by atoms with Crippen LogP contribution >= 0.6 is 0 Å². The normalized spacial score (nSPS) is 17.1. The number of anilines is 2. The van der Waals surface area contributed by atoms with Crippen LogP contribution in [0.5, 0.6) is 11.5 Å². The Labute approximate surface area is 162 Å². The van der Waals surface area contributed by atoms with E-state index in [0.29, 0.717) is 17.2 Å². The highest BCUT2D eigenvalue weighted by Gasteiger charge is 2.36. The summed E-state index contributed by atoms with van der Waals surface area (Å²) in [5.41, 5.74) is 3.63. The van der Waals surface area contributed by atoms with Crippen molar-refractivity contribution < 1.29 is 19.1 Å². The maximum atomic E-state index is 12.5. The van der Waals surface area contributed by atoms with Crippen LogP contribution in [0.1, 0.15) is 24.0 Å². The highest BCUT2D eigenvalue weighted by molar-refractivity contribution is 6.03. The molecule has 0 aromatic heterocycles. The van der Waals surface area contributed by atoms with Gasteiger partial charge in [-0.25, -0.2) is 0 Å². The molecule has 1 fully saturated rings. The maximum absolute atomic E-state index is 12.5. The van der Waals surface area contributed by atoms with Gasteiger partial charge < -0.3 is 19.7 Å². The van der Waals surface area contributed by atoms with Crippen molar-refractivity contribution in [2.45, 2.75) is 19.3 Å². The molecule has 28 heavy (non-hydrogen) atoms. The first-order chi connectivity index (χ1) is 13.7. The summed E-state index contributed by atoms with van der Waals surface area (Å²) in [7, 11) is 0. The van der Waals surface area contributed by atoms with E-state index in [1.54, 1.807) is 6.08 Å². The topological polar surface area (TPSA) is 67.9 Å². The second-order valence-corrected chi connectivity index (χ2v) is 7.29. The molecule has 0 atom stereocenters. The minimum atomic E-state index is -0.226. The molecule has 142 valence electrons. The highest BCUT2D eigenvalue weighted by atomic mass is 16.7. The smallest absolute Gasteiger partial charge is 0.248 e. The van der Waals surface area contributed by atoms with Crippen LogP contribution in [0.4, 0.5) is 11.4 Å². The average molecular weight is 376 g/mol. The second kappa shape index (κ2) is 6.71. The Kier molecular flexibility index (Phi) is 4.04. The lowest BCUT2D eigenvalue weighted by molar-refractivity contribution is -0.119. The third kappa shape index (κ3) is 3.22. The van der Waals surface area contributed by atoms with Gasteiger partial charge in [-0.2, -0.15) is 0 Å². The number of rotatable bonds is 4. The fourth-order valence-electron chi connectivity index (χ4n) is 3.61. The van der Waals surface area contributed by atoms with Gasteiger partial charge in [0.05, 0.1) is 0 Å². The molecule has 0 bridgehead atoms. The van der Waals surface area contributed by atoms with Crippen molar-refractivity contribution in [3.05, 3.63) is 53.6 Å². The Balaban J connectivity index is 1.28. The molecule has 1 N–H and O–H groups in total. The van der Waals surface area contributed by atoms with Crippen LogP contribution in [0.15, 0.2) is 42.5 Å². The van der Waals surface area contributed by atoms with Gasteiger partial charge in [0.15, 0.2) is 11.5 Å². The number of nitrogens with one attached hydrogen (secondary N) is 1. The van der Waals surface area contributed by atoms with Crippen LogP contribution in [0.2, 0.25) is 0 Å². The molecule has 1 aliphatic carbocycles. The maximum Gasteiger partial charge on any atom is 0.248 e. The highest BCUT2D eigenvalue weighted by Crippen LogP contribution is 2.37. The van der Waals surface area contributed by atoms with E-state index in [4.69, 9.17) is 9.47 Å². The Bertz CT molecular complexity index is 994. The quantitative estimate of drug-likeness (QED) is 0.831. The molecule has 0 saturated heterocycles. The first-order valence-electron chi connectivity index (χ1n) is 9.50. The zero-order valence-corrected chi connectivity index (χ0v) is 15.3. The molecule has 6 nitrogen and oxygen atoms in total. The van der Waals surface area contributed by atoms with Gasteiger partial charge in [0.2, 0.25) is 18.6 Å². The van der Waals surface area contributed by atoms with Crippen molar-refractivity contribution in [1.82, 2.24) is 0 Å². The molecule has 2 aromatic rings. The summed E-state index contributed by atoms with van der Waals surface area (Å²) in [6.07, 6.45) is 6.06. The van der Waals surface area contributed by atoms with Gasteiger partial charge in [0.25, 0.3) is 0 Å². The number of nitrogens with zero attached hydrogens (tertiary/aromatic N) is 1. The molecular formula is C22H20N2O4. The van der Waals surface area contributed by atoms with Gasteiger partial charge in [-0.3, -0.25) is 9.59 Å². The number of ether oxygens (including phenoxy) is 2. The molecule has 3 aliphatic rings. The van der Waals surface area contributed by atoms with E-state index in [0.717, 1.165) is 42.6 Å². The molecule has 2 heterocycles. The minimum absolute atomic E-state index is 0.189. The van der Waals surface area contributed by atoms with Crippen LogP contribution in [-0.4, -0.2) is 25.2 Å². The first-order valence-corrected chi connectivity index (χ1v) is 9.50. The minimum Gasteiger partial charge on any atom is -0.454 e. The van der Waals surface area contributed by atoms with Crippen LogP contribution < -0.4 is 19.7 Å². The van der Waals surface area contributed by atoms with Gasteiger partial charge in [-0.05, 0) is 60.7 Å². The summed E-state index contributed by atoms with van der Waals surface area (Å²) in [4.78, 5) is 26.6. The molecule has 2 aromatic carbocycles. The molecule has 6 heteroatoms. The number of hydrogen-bond donors (Lipinski definition) is 1. The monoisotopic (exact) mass is 376 g/mol. The summed E-state index contributed by atoms with van der Waals surface area (Å²) < 4.78 is 10.6. The third-order valence-electron chi connectivity index (χ3n) is 5.26. The Morgan fingerprint density at radius 1 is 1.07 bits per heavy atom. The van der Waals surface area contributed by atoms with E-state index >= 15 is 0 Å². The van der Waals surface area contributed by atoms with E-state index in [1.807, 2.05) is 41.3 Å². The van der Waals surface area contributed by atoms with Crippen molar-refractivity contribution in [3.8, 4) is 11.5 Å². The Hall–Kier alpha value is -3.28. The van der Waals surface area contributed by atoms with Crippen molar-refractivity contribution in [1.29, 1.82) is 0 Å². The molecule has 0 unspecified atom stereocenters. The standard InChI is InChI=1S/C22H20N2O4/c25-21(8-2-14-1-7-19-20(11-14)28-13-27-19)23-17-6-5-15-9-10-24(18(15)12-17)22(26)16-3-4-16/h1-2,5-8,11-12,16H,3-4,9-10,13H2,(H,23,25). The lowest BCUT2D eigenvalue weighted by Crippen LogP contribution is -2.30. The Morgan fingerprint density at radius 3 is 2.79 bits per heavy atom. The van der Waals surface area contributed by atoms with E-state index in [2.05, 4.69) is 5.32 Å².